The van der Waals surface area contributed by atoms with Crippen LogP contribution >= 0.6 is 0 Å². The zero-order chi connectivity index (χ0) is 20.9. The average molecular weight is 405 g/mol. The van der Waals surface area contributed by atoms with Crippen molar-refractivity contribution in [3.8, 4) is 5.75 Å². The highest BCUT2D eigenvalue weighted by Crippen LogP contribution is 2.35. The molecule has 1 aromatic carbocycles. The van der Waals surface area contributed by atoms with Crippen LogP contribution in [0, 0.1) is 0 Å². The number of amides is 1. The lowest BCUT2D eigenvalue weighted by molar-refractivity contribution is -0.117. The lowest BCUT2D eigenvalue weighted by Crippen LogP contribution is -2.25. The summed E-state index contributed by atoms with van der Waals surface area (Å²) in [5, 5.41) is 3.14. The Hall–Kier alpha value is -3.68. The van der Waals surface area contributed by atoms with Gasteiger partial charge in [0.1, 0.15) is 5.75 Å². The van der Waals surface area contributed by atoms with Crippen molar-refractivity contribution in [3.63, 3.8) is 0 Å². The number of rotatable bonds is 7. The van der Waals surface area contributed by atoms with Gasteiger partial charge < -0.3 is 15.0 Å². The van der Waals surface area contributed by atoms with Gasteiger partial charge in [0.25, 0.3) is 5.56 Å². The summed E-state index contributed by atoms with van der Waals surface area (Å²) in [5.41, 5.74) is 2.04. The van der Waals surface area contributed by atoms with E-state index >= 15 is 0 Å². The Labute approximate surface area is 173 Å². The summed E-state index contributed by atoms with van der Waals surface area (Å²) in [4.78, 5) is 38.1. The predicted octanol–water partition coefficient (Wildman–Crippen LogP) is 2.35. The van der Waals surface area contributed by atoms with Crippen LogP contribution in [0.5, 0.6) is 5.75 Å². The highest BCUT2D eigenvalue weighted by molar-refractivity contribution is 5.97. The van der Waals surface area contributed by atoms with Crippen LogP contribution in [0.1, 0.15) is 23.7 Å². The number of aromatic amines is 1. The molecule has 2 aromatic heterocycles. The van der Waals surface area contributed by atoms with E-state index in [1.165, 1.54) is 6.07 Å². The van der Waals surface area contributed by atoms with Crippen LogP contribution in [0.3, 0.4) is 0 Å². The van der Waals surface area contributed by atoms with Crippen molar-refractivity contribution in [3.05, 3.63) is 76.5 Å². The molecule has 1 aliphatic rings. The number of carbonyl (C=O) groups is 1. The van der Waals surface area contributed by atoms with Crippen molar-refractivity contribution in [1.29, 1.82) is 0 Å². The van der Waals surface area contributed by atoms with Crippen molar-refractivity contribution in [1.82, 2.24) is 15.0 Å². The molecule has 1 atom stereocenters. The Morgan fingerprint density at radius 1 is 1.20 bits per heavy atom. The summed E-state index contributed by atoms with van der Waals surface area (Å²) < 4.78 is 5.39. The van der Waals surface area contributed by atoms with Gasteiger partial charge in [0, 0.05) is 49.8 Å². The van der Waals surface area contributed by atoms with Crippen molar-refractivity contribution >= 4 is 17.5 Å². The lowest BCUT2D eigenvalue weighted by atomic mass is 10.0. The van der Waals surface area contributed by atoms with Crippen LogP contribution in [0.4, 0.5) is 11.6 Å². The Balaban J connectivity index is 1.47. The summed E-state index contributed by atoms with van der Waals surface area (Å²) in [6.07, 6.45) is 2.75. The van der Waals surface area contributed by atoms with E-state index in [0.29, 0.717) is 43.3 Å². The molecule has 0 aliphatic carbocycles. The number of ether oxygens (including phenoxy) is 1. The zero-order valence-corrected chi connectivity index (χ0v) is 16.7. The number of para-hydroxylation sites is 2. The lowest BCUT2D eigenvalue weighted by Gasteiger charge is -2.19. The van der Waals surface area contributed by atoms with Crippen LogP contribution in [0.2, 0.25) is 0 Å². The van der Waals surface area contributed by atoms with Gasteiger partial charge in [0.2, 0.25) is 11.9 Å². The van der Waals surface area contributed by atoms with Crippen LogP contribution in [-0.2, 0) is 11.2 Å². The molecule has 1 amide bonds. The molecule has 3 aromatic rings. The van der Waals surface area contributed by atoms with E-state index in [1.54, 1.807) is 18.2 Å². The number of pyridine rings is 1. The molecule has 1 aliphatic heterocycles. The summed E-state index contributed by atoms with van der Waals surface area (Å²) in [6.45, 7) is 1.03. The van der Waals surface area contributed by atoms with Gasteiger partial charge in [-0.1, -0.05) is 18.2 Å². The van der Waals surface area contributed by atoms with E-state index in [9.17, 15) is 9.59 Å². The summed E-state index contributed by atoms with van der Waals surface area (Å²) in [7, 11) is 1.58. The second-order valence-electron chi connectivity index (χ2n) is 7.09. The molecule has 8 nitrogen and oxygen atoms in total. The third-order valence-electron chi connectivity index (χ3n) is 5.08. The number of aromatic nitrogens is 3. The van der Waals surface area contributed by atoms with Gasteiger partial charge in [0.05, 0.1) is 18.5 Å². The summed E-state index contributed by atoms with van der Waals surface area (Å²) in [5.74, 6) is 0.858. The molecule has 2 N–H and O–H groups in total. The molecule has 0 spiro atoms. The van der Waals surface area contributed by atoms with Crippen molar-refractivity contribution in [2.45, 2.75) is 18.8 Å². The minimum absolute atomic E-state index is 0.0174. The van der Waals surface area contributed by atoms with E-state index in [2.05, 4.69) is 20.3 Å². The van der Waals surface area contributed by atoms with Gasteiger partial charge in [0.15, 0.2) is 0 Å². The molecule has 0 unspecified atom stereocenters. The van der Waals surface area contributed by atoms with Crippen LogP contribution < -0.4 is 20.5 Å². The fourth-order valence-corrected chi connectivity index (χ4v) is 3.62. The normalized spacial score (nSPS) is 16.0. The largest absolute Gasteiger partial charge is 0.495 e. The molecule has 3 heterocycles. The van der Waals surface area contributed by atoms with Gasteiger partial charge in [-0.15, -0.1) is 0 Å². The number of anilines is 2. The van der Waals surface area contributed by atoms with Crippen LogP contribution in [0.25, 0.3) is 0 Å². The second-order valence-corrected chi connectivity index (χ2v) is 7.09. The maximum Gasteiger partial charge on any atom is 0.252 e. The van der Waals surface area contributed by atoms with E-state index in [1.807, 2.05) is 42.5 Å². The summed E-state index contributed by atoms with van der Waals surface area (Å²) in [6, 6.07) is 14.6. The maximum atomic E-state index is 12.7. The highest BCUT2D eigenvalue weighted by atomic mass is 16.5. The molecule has 154 valence electrons. The first-order valence-electron chi connectivity index (χ1n) is 9.82. The Morgan fingerprint density at radius 3 is 2.83 bits per heavy atom. The van der Waals surface area contributed by atoms with E-state index in [4.69, 9.17) is 4.74 Å². The van der Waals surface area contributed by atoms with Crippen molar-refractivity contribution < 1.29 is 9.53 Å². The molecular weight excluding hydrogens is 382 g/mol. The standard InChI is InChI=1S/C22H23N5O3/c1-30-19-8-3-2-7-18(19)27-14-15(12-21(27)29)17-13-20(28)26-22(25-17)24-11-9-16-6-4-5-10-23-16/h2-8,10,13,15H,9,11-12,14H2,1H3,(H2,24,25,26,28)/t15-/m0/s1. The predicted molar refractivity (Wildman–Crippen MR) is 114 cm³/mol. The molecule has 30 heavy (non-hydrogen) atoms. The third-order valence-corrected chi connectivity index (χ3v) is 5.08. The molecule has 1 saturated heterocycles. The number of hydrogen-bond donors (Lipinski definition) is 2. The smallest absolute Gasteiger partial charge is 0.252 e. The quantitative estimate of drug-likeness (QED) is 0.626. The fraction of sp³-hybridized carbons (Fsp3) is 0.273. The molecule has 8 heteroatoms. The molecular formula is C22H23N5O3. The monoisotopic (exact) mass is 405 g/mol. The second kappa shape index (κ2) is 8.77. The number of nitrogens with zero attached hydrogens (tertiary/aromatic N) is 3. The van der Waals surface area contributed by atoms with Gasteiger partial charge in [-0.2, -0.15) is 0 Å². The first kappa shape index (κ1) is 19.6. The Kier molecular flexibility index (Phi) is 5.74. The van der Waals surface area contributed by atoms with Gasteiger partial charge in [-0.05, 0) is 24.3 Å². The first-order chi connectivity index (χ1) is 14.6. The molecule has 1 fully saturated rings. The first-order valence-corrected chi connectivity index (χ1v) is 9.82. The molecule has 0 bridgehead atoms. The third kappa shape index (κ3) is 4.32. The van der Waals surface area contributed by atoms with Gasteiger partial charge in [-0.25, -0.2) is 4.98 Å². The van der Waals surface area contributed by atoms with Crippen LogP contribution in [0.15, 0.2) is 59.5 Å². The number of methoxy groups -OCH3 is 1. The maximum absolute atomic E-state index is 12.7. The molecule has 0 saturated carbocycles. The summed E-state index contributed by atoms with van der Waals surface area (Å²) >= 11 is 0. The van der Waals surface area contributed by atoms with Gasteiger partial charge >= 0.3 is 0 Å². The topological polar surface area (TPSA) is 100 Å². The Bertz CT molecular complexity index is 1080. The molecule has 4 rings (SSSR count). The number of hydrogen-bond acceptors (Lipinski definition) is 6. The Morgan fingerprint density at radius 2 is 2.03 bits per heavy atom. The highest BCUT2D eigenvalue weighted by Gasteiger charge is 2.34. The average Bonchev–Trinajstić information content (AvgIpc) is 3.15. The van der Waals surface area contributed by atoms with E-state index in [-0.39, 0.29) is 17.4 Å². The number of nitrogens with one attached hydrogen (secondary N) is 2. The number of H-pyrrole nitrogens is 1. The van der Waals surface area contributed by atoms with E-state index in [0.717, 1.165) is 11.4 Å². The van der Waals surface area contributed by atoms with Crippen molar-refractivity contribution in [2.75, 3.05) is 30.4 Å². The minimum atomic E-state index is -0.247. The number of carbonyl (C=O) groups excluding carboxylic acids is 1. The number of benzene rings is 1. The van der Waals surface area contributed by atoms with E-state index < -0.39 is 0 Å². The van der Waals surface area contributed by atoms with Crippen LogP contribution in [-0.4, -0.2) is 41.1 Å². The minimum Gasteiger partial charge on any atom is -0.495 e. The zero-order valence-electron chi connectivity index (χ0n) is 16.7. The fourth-order valence-electron chi connectivity index (χ4n) is 3.62. The van der Waals surface area contributed by atoms with Gasteiger partial charge in [-0.3, -0.25) is 19.6 Å². The molecule has 0 radical (unpaired) electrons. The SMILES string of the molecule is COc1ccccc1N1C[C@@H](c2cc(=O)[nH]c(NCCc3ccccn3)n2)CC1=O. The van der Waals surface area contributed by atoms with Crippen molar-refractivity contribution in [2.24, 2.45) is 0 Å².